The van der Waals surface area contributed by atoms with Crippen molar-refractivity contribution in [3.05, 3.63) is 0 Å². The Bertz CT molecular complexity index is 328. The summed E-state index contributed by atoms with van der Waals surface area (Å²) in [4.78, 5) is 26.8. The number of hydrogen-bond acceptors (Lipinski definition) is 4. The van der Waals surface area contributed by atoms with Crippen LogP contribution in [0.15, 0.2) is 0 Å². The second-order valence-corrected chi connectivity index (χ2v) is 5.01. The number of carboxylic acids is 1. The van der Waals surface area contributed by atoms with Crippen LogP contribution in [0.4, 0.5) is 0 Å². The lowest BCUT2D eigenvalue weighted by Crippen LogP contribution is -2.48. The van der Waals surface area contributed by atoms with Gasteiger partial charge in [0, 0.05) is 13.1 Å². The fourth-order valence-electron chi connectivity index (χ4n) is 2.69. The van der Waals surface area contributed by atoms with E-state index in [1.807, 2.05) is 6.92 Å². The molecule has 0 bridgehead atoms. The average Bonchev–Trinajstić information content (AvgIpc) is 2.71. The predicted octanol–water partition coefficient (Wildman–Crippen LogP) is -0.360. The molecule has 0 aromatic carbocycles. The first-order valence-electron chi connectivity index (χ1n) is 6.42. The number of carbonyl (C=O) groups excluding carboxylic acids is 1. The summed E-state index contributed by atoms with van der Waals surface area (Å²) >= 11 is 0. The Labute approximate surface area is 106 Å². The maximum Gasteiger partial charge on any atom is 0.321 e. The molecule has 102 valence electrons. The minimum absolute atomic E-state index is 0.0126. The summed E-state index contributed by atoms with van der Waals surface area (Å²) in [6.45, 7) is 5.20. The van der Waals surface area contributed by atoms with Crippen LogP contribution in [-0.2, 0) is 14.3 Å². The molecule has 2 heterocycles. The Hall–Kier alpha value is -1.14. The Morgan fingerprint density at radius 1 is 1.28 bits per heavy atom. The molecule has 2 atom stereocenters. The van der Waals surface area contributed by atoms with Gasteiger partial charge in [0.25, 0.3) is 0 Å². The Kier molecular flexibility index (Phi) is 4.19. The van der Waals surface area contributed by atoms with Gasteiger partial charge in [-0.2, -0.15) is 0 Å². The number of amides is 1. The van der Waals surface area contributed by atoms with E-state index in [9.17, 15) is 14.7 Å². The van der Waals surface area contributed by atoms with E-state index >= 15 is 0 Å². The highest BCUT2D eigenvalue weighted by Crippen LogP contribution is 2.23. The first-order valence-corrected chi connectivity index (χ1v) is 6.42. The van der Waals surface area contributed by atoms with Crippen LogP contribution in [0.5, 0.6) is 0 Å². The molecule has 2 fully saturated rings. The minimum Gasteiger partial charge on any atom is -0.480 e. The Balaban J connectivity index is 1.91. The second kappa shape index (κ2) is 5.67. The molecule has 2 aliphatic heterocycles. The fraction of sp³-hybridized carbons (Fsp3) is 0.833. The number of likely N-dealkylation sites (tertiary alicyclic amines) is 1. The number of carboxylic acid groups (broad SMARTS) is 1. The van der Waals surface area contributed by atoms with Crippen LogP contribution < -0.4 is 0 Å². The van der Waals surface area contributed by atoms with Crippen LogP contribution in [-0.4, -0.2) is 72.2 Å². The third-order valence-corrected chi connectivity index (χ3v) is 3.76. The van der Waals surface area contributed by atoms with Crippen LogP contribution in [0.2, 0.25) is 0 Å². The van der Waals surface area contributed by atoms with Crippen LogP contribution in [0.1, 0.15) is 13.3 Å². The SMILES string of the molecule is CC1CCN(CC(=O)N2CCOCC2)C1C(=O)O. The first kappa shape index (κ1) is 13.3. The zero-order valence-corrected chi connectivity index (χ0v) is 10.7. The van der Waals surface area contributed by atoms with Gasteiger partial charge in [0.1, 0.15) is 6.04 Å². The lowest BCUT2D eigenvalue weighted by molar-refractivity contribution is -0.145. The summed E-state index contributed by atoms with van der Waals surface area (Å²) in [5.74, 6) is -0.701. The molecule has 0 saturated carbocycles. The molecule has 0 aliphatic carbocycles. The standard InChI is InChI=1S/C12H20N2O4/c1-9-2-3-14(11(9)12(16)17)8-10(15)13-4-6-18-7-5-13/h9,11H,2-8H2,1H3,(H,16,17). The van der Waals surface area contributed by atoms with E-state index in [2.05, 4.69) is 0 Å². The monoisotopic (exact) mass is 256 g/mol. The van der Waals surface area contributed by atoms with Crippen molar-refractivity contribution in [3.63, 3.8) is 0 Å². The number of hydrogen-bond donors (Lipinski definition) is 1. The number of carbonyl (C=O) groups is 2. The highest BCUT2D eigenvalue weighted by atomic mass is 16.5. The number of ether oxygens (including phenoxy) is 1. The molecule has 2 saturated heterocycles. The van der Waals surface area contributed by atoms with E-state index in [-0.39, 0.29) is 18.4 Å². The van der Waals surface area contributed by atoms with Gasteiger partial charge in [-0.15, -0.1) is 0 Å². The topological polar surface area (TPSA) is 70.1 Å². The quantitative estimate of drug-likeness (QED) is 0.747. The van der Waals surface area contributed by atoms with Gasteiger partial charge in [0.05, 0.1) is 19.8 Å². The van der Waals surface area contributed by atoms with Crippen LogP contribution in [0.3, 0.4) is 0 Å². The fourth-order valence-corrected chi connectivity index (χ4v) is 2.69. The molecule has 6 heteroatoms. The normalized spacial score (nSPS) is 29.5. The zero-order valence-electron chi connectivity index (χ0n) is 10.7. The van der Waals surface area contributed by atoms with E-state index < -0.39 is 12.0 Å². The summed E-state index contributed by atoms with van der Waals surface area (Å²) in [7, 11) is 0. The van der Waals surface area contributed by atoms with Gasteiger partial charge in [-0.1, -0.05) is 6.92 Å². The molecule has 0 radical (unpaired) electrons. The van der Waals surface area contributed by atoms with Gasteiger partial charge < -0.3 is 14.7 Å². The van der Waals surface area contributed by atoms with Gasteiger partial charge in [-0.3, -0.25) is 14.5 Å². The maximum absolute atomic E-state index is 12.1. The zero-order chi connectivity index (χ0) is 13.1. The van der Waals surface area contributed by atoms with E-state index in [1.165, 1.54) is 0 Å². The Morgan fingerprint density at radius 2 is 1.94 bits per heavy atom. The van der Waals surface area contributed by atoms with Crippen LogP contribution >= 0.6 is 0 Å². The molecule has 18 heavy (non-hydrogen) atoms. The molecule has 2 aliphatic rings. The molecule has 6 nitrogen and oxygen atoms in total. The number of aliphatic carboxylic acids is 1. The van der Waals surface area contributed by atoms with Crippen molar-refractivity contribution in [1.82, 2.24) is 9.80 Å². The number of morpholine rings is 1. The van der Waals surface area contributed by atoms with Crippen LogP contribution in [0, 0.1) is 5.92 Å². The van der Waals surface area contributed by atoms with Gasteiger partial charge in [0.15, 0.2) is 0 Å². The molecule has 1 amide bonds. The van der Waals surface area contributed by atoms with Crippen molar-refractivity contribution in [1.29, 1.82) is 0 Å². The second-order valence-electron chi connectivity index (χ2n) is 5.01. The highest BCUT2D eigenvalue weighted by Gasteiger charge is 2.38. The summed E-state index contributed by atoms with van der Waals surface area (Å²) in [5.41, 5.74) is 0. The van der Waals surface area contributed by atoms with Crippen molar-refractivity contribution < 1.29 is 19.4 Å². The summed E-state index contributed by atoms with van der Waals surface area (Å²) in [6.07, 6.45) is 0.841. The van der Waals surface area contributed by atoms with E-state index in [0.29, 0.717) is 32.8 Å². The molecule has 2 rings (SSSR count). The molecule has 0 aromatic rings. The Morgan fingerprint density at radius 3 is 2.56 bits per heavy atom. The van der Waals surface area contributed by atoms with Crippen molar-refractivity contribution in [2.24, 2.45) is 5.92 Å². The van der Waals surface area contributed by atoms with Gasteiger partial charge in [0.2, 0.25) is 5.91 Å². The highest BCUT2D eigenvalue weighted by molar-refractivity contribution is 5.80. The molecular weight excluding hydrogens is 236 g/mol. The third-order valence-electron chi connectivity index (χ3n) is 3.76. The van der Waals surface area contributed by atoms with Gasteiger partial charge in [-0.05, 0) is 18.9 Å². The van der Waals surface area contributed by atoms with E-state index in [1.54, 1.807) is 9.80 Å². The van der Waals surface area contributed by atoms with E-state index in [4.69, 9.17) is 4.74 Å². The van der Waals surface area contributed by atoms with Crippen LogP contribution in [0.25, 0.3) is 0 Å². The smallest absolute Gasteiger partial charge is 0.321 e. The third kappa shape index (κ3) is 2.81. The molecule has 0 aromatic heterocycles. The largest absolute Gasteiger partial charge is 0.480 e. The first-order chi connectivity index (χ1) is 8.59. The van der Waals surface area contributed by atoms with Gasteiger partial charge >= 0.3 is 5.97 Å². The lowest BCUT2D eigenvalue weighted by atomic mass is 10.0. The minimum atomic E-state index is -0.824. The van der Waals surface area contributed by atoms with E-state index in [0.717, 1.165) is 6.42 Å². The summed E-state index contributed by atoms with van der Waals surface area (Å²) in [6, 6.07) is -0.519. The number of rotatable bonds is 3. The van der Waals surface area contributed by atoms with Crippen molar-refractivity contribution >= 4 is 11.9 Å². The van der Waals surface area contributed by atoms with Gasteiger partial charge in [-0.25, -0.2) is 0 Å². The maximum atomic E-state index is 12.1. The molecule has 2 unspecified atom stereocenters. The van der Waals surface area contributed by atoms with Crippen molar-refractivity contribution in [3.8, 4) is 0 Å². The average molecular weight is 256 g/mol. The molecule has 1 N–H and O–H groups in total. The van der Waals surface area contributed by atoms with Crippen molar-refractivity contribution in [2.75, 3.05) is 39.4 Å². The summed E-state index contributed by atoms with van der Waals surface area (Å²) < 4.78 is 5.19. The molecule has 0 spiro atoms. The summed E-state index contributed by atoms with van der Waals surface area (Å²) in [5, 5.41) is 9.19. The molecular formula is C12H20N2O4. The predicted molar refractivity (Wildman–Crippen MR) is 64.2 cm³/mol. The lowest BCUT2D eigenvalue weighted by Gasteiger charge is -2.30. The van der Waals surface area contributed by atoms with Crippen molar-refractivity contribution in [2.45, 2.75) is 19.4 Å². The number of nitrogens with zero attached hydrogens (tertiary/aromatic N) is 2.